The van der Waals surface area contributed by atoms with E-state index in [1.54, 1.807) is 25.1 Å². The van der Waals surface area contributed by atoms with Gasteiger partial charge >= 0.3 is 0 Å². The Morgan fingerprint density at radius 2 is 1.76 bits per heavy atom. The minimum absolute atomic E-state index is 0.0349. The molecule has 0 aliphatic heterocycles. The van der Waals surface area contributed by atoms with Gasteiger partial charge in [0.05, 0.1) is 5.54 Å². The molecule has 0 unspecified atom stereocenters. The van der Waals surface area contributed by atoms with Crippen molar-refractivity contribution in [3.8, 4) is 23.0 Å². The van der Waals surface area contributed by atoms with Crippen molar-refractivity contribution in [2.75, 3.05) is 0 Å². The summed E-state index contributed by atoms with van der Waals surface area (Å²) in [5.41, 5.74) is 7.42. The molecule has 0 saturated heterocycles. The maximum atomic E-state index is 11.4. The van der Waals surface area contributed by atoms with Crippen LogP contribution in [0.1, 0.15) is 48.8 Å². The Morgan fingerprint density at radius 3 is 2.44 bits per heavy atom. The summed E-state index contributed by atoms with van der Waals surface area (Å²) in [6, 6.07) is 10.9. The van der Waals surface area contributed by atoms with Crippen molar-refractivity contribution in [1.82, 2.24) is 10.1 Å². The molecule has 1 aromatic carbocycles. The van der Waals surface area contributed by atoms with Crippen LogP contribution in [0.3, 0.4) is 0 Å². The molecule has 1 fully saturated rings. The number of furan rings is 1. The molecule has 4 rings (SSSR count). The number of nitrogens with zero attached hydrogens (tertiary/aromatic N) is 2. The zero-order chi connectivity index (χ0) is 17.4. The first-order chi connectivity index (χ1) is 12.0. The van der Waals surface area contributed by atoms with E-state index in [0.717, 1.165) is 31.2 Å². The Labute approximate surface area is 145 Å². The Balaban J connectivity index is 1.59. The van der Waals surface area contributed by atoms with Gasteiger partial charge in [0.2, 0.25) is 0 Å². The highest BCUT2D eigenvalue weighted by Gasteiger charge is 2.36. The number of benzene rings is 1. The average molecular weight is 337 g/mol. The third kappa shape index (κ3) is 2.89. The van der Waals surface area contributed by atoms with Crippen molar-refractivity contribution in [3.05, 3.63) is 47.8 Å². The van der Waals surface area contributed by atoms with Crippen LogP contribution in [0.25, 0.3) is 23.0 Å². The van der Waals surface area contributed by atoms with Crippen LogP contribution in [0.2, 0.25) is 0 Å². The second-order valence-electron chi connectivity index (χ2n) is 6.58. The molecule has 0 radical (unpaired) electrons. The molecular weight excluding hydrogens is 318 g/mol. The normalized spacial score (nSPS) is 16.2. The molecule has 25 heavy (non-hydrogen) atoms. The first-order valence-corrected chi connectivity index (χ1v) is 8.40. The second kappa shape index (κ2) is 5.97. The van der Waals surface area contributed by atoms with Crippen molar-refractivity contribution < 1.29 is 13.7 Å². The molecule has 0 amide bonds. The molecule has 1 aliphatic carbocycles. The molecule has 1 aliphatic rings. The van der Waals surface area contributed by atoms with Gasteiger partial charge in [-0.05, 0) is 31.9 Å². The first kappa shape index (κ1) is 15.8. The molecule has 1 saturated carbocycles. The third-order valence-corrected chi connectivity index (χ3v) is 4.76. The number of carbonyl (C=O) groups is 1. The van der Waals surface area contributed by atoms with Crippen LogP contribution in [-0.4, -0.2) is 15.9 Å². The van der Waals surface area contributed by atoms with Gasteiger partial charge < -0.3 is 14.7 Å². The topological polar surface area (TPSA) is 95.2 Å². The Kier molecular flexibility index (Phi) is 3.77. The lowest BCUT2D eigenvalue weighted by Gasteiger charge is -2.17. The number of carbonyl (C=O) groups excluding carboxylic acids is 1. The third-order valence-electron chi connectivity index (χ3n) is 4.76. The van der Waals surface area contributed by atoms with Gasteiger partial charge in [-0.25, -0.2) is 0 Å². The van der Waals surface area contributed by atoms with E-state index in [1.165, 1.54) is 0 Å². The summed E-state index contributed by atoms with van der Waals surface area (Å²) in [5, 5.41) is 4.05. The van der Waals surface area contributed by atoms with Gasteiger partial charge in [-0.1, -0.05) is 42.3 Å². The van der Waals surface area contributed by atoms with Gasteiger partial charge in [-0.15, -0.1) is 0 Å². The highest BCUT2D eigenvalue weighted by Crippen LogP contribution is 2.36. The van der Waals surface area contributed by atoms with Gasteiger partial charge in [-0.3, -0.25) is 4.79 Å². The van der Waals surface area contributed by atoms with Crippen molar-refractivity contribution in [2.45, 2.75) is 38.1 Å². The number of ketones is 1. The molecule has 2 N–H and O–H groups in total. The van der Waals surface area contributed by atoms with E-state index in [-0.39, 0.29) is 5.78 Å². The number of hydrogen-bond acceptors (Lipinski definition) is 6. The molecule has 6 nitrogen and oxygen atoms in total. The van der Waals surface area contributed by atoms with E-state index in [4.69, 9.17) is 14.7 Å². The fourth-order valence-electron chi connectivity index (χ4n) is 3.23. The minimum Gasteiger partial charge on any atom is -0.451 e. The largest absolute Gasteiger partial charge is 0.451 e. The minimum atomic E-state index is -0.486. The number of hydrogen-bond donors (Lipinski definition) is 1. The maximum Gasteiger partial charge on any atom is 0.293 e. The zero-order valence-corrected chi connectivity index (χ0v) is 14.0. The van der Waals surface area contributed by atoms with Gasteiger partial charge in [0.1, 0.15) is 5.76 Å². The van der Waals surface area contributed by atoms with Crippen LogP contribution in [0.15, 0.2) is 45.3 Å². The summed E-state index contributed by atoms with van der Waals surface area (Å²) in [5.74, 6) is 2.09. The summed E-state index contributed by atoms with van der Waals surface area (Å²) in [6.07, 6.45) is 3.92. The van der Waals surface area contributed by atoms with E-state index in [2.05, 4.69) is 10.1 Å². The Morgan fingerprint density at radius 1 is 1.08 bits per heavy atom. The quantitative estimate of drug-likeness (QED) is 0.725. The summed E-state index contributed by atoms with van der Waals surface area (Å²) in [4.78, 5) is 15.8. The number of rotatable bonds is 4. The standard InChI is InChI=1S/C19H19N3O3/c1-12(23)13-4-6-14(7-5-13)15-8-9-16(24-15)17-21-18(22-25-17)19(20)10-2-3-11-19/h4-9H,2-3,10-11,20H2,1H3. The molecule has 0 spiro atoms. The fourth-order valence-corrected chi connectivity index (χ4v) is 3.23. The van der Waals surface area contributed by atoms with Gasteiger partial charge in [0, 0.05) is 11.1 Å². The van der Waals surface area contributed by atoms with Gasteiger partial charge in [-0.2, -0.15) is 4.98 Å². The smallest absolute Gasteiger partial charge is 0.293 e. The second-order valence-corrected chi connectivity index (χ2v) is 6.58. The summed E-state index contributed by atoms with van der Waals surface area (Å²) >= 11 is 0. The summed E-state index contributed by atoms with van der Waals surface area (Å²) < 4.78 is 11.2. The monoisotopic (exact) mass is 337 g/mol. The molecule has 6 heteroatoms. The molecular formula is C19H19N3O3. The van der Waals surface area contributed by atoms with Crippen LogP contribution in [0.5, 0.6) is 0 Å². The zero-order valence-electron chi connectivity index (χ0n) is 14.0. The fraction of sp³-hybridized carbons (Fsp3) is 0.316. The lowest BCUT2D eigenvalue weighted by molar-refractivity contribution is 0.101. The number of nitrogens with two attached hydrogens (primary N) is 1. The predicted octanol–water partition coefficient (Wildman–Crippen LogP) is 3.93. The molecule has 0 atom stereocenters. The lowest BCUT2D eigenvalue weighted by Crippen LogP contribution is -2.34. The van der Waals surface area contributed by atoms with Crippen LogP contribution in [-0.2, 0) is 5.54 Å². The van der Waals surface area contributed by atoms with Crippen molar-refractivity contribution in [2.24, 2.45) is 5.73 Å². The van der Waals surface area contributed by atoms with Crippen LogP contribution in [0.4, 0.5) is 0 Å². The molecule has 128 valence electrons. The average Bonchev–Trinajstić information content (AvgIpc) is 3.35. The Bertz CT molecular complexity index is 902. The van der Waals surface area contributed by atoms with Crippen molar-refractivity contribution in [1.29, 1.82) is 0 Å². The lowest BCUT2D eigenvalue weighted by atomic mass is 9.99. The highest BCUT2D eigenvalue weighted by molar-refractivity contribution is 5.94. The van der Waals surface area contributed by atoms with E-state index in [0.29, 0.717) is 28.8 Å². The Hall–Kier alpha value is -2.73. The highest BCUT2D eigenvalue weighted by atomic mass is 16.5. The van der Waals surface area contributed by atoms with Crippen molar-refractivity contribution in [3.63, 3.8) is 0 Å². The van der Waals surface area contributed by atoms with Crippen LogP contribution < -0.4 is 5.73 Å². The molecule has 2 heterocycles. The van der Waals surface area contributed by atoms with E-state index >= 15 is 0 Å². The summed E-state index contributed by atoms with van der Waals surface area (Å²) in [6.45, 7) is 1.54. The molecule has 3 aromatic rings. The maximum absolute atomic E-state index is 11.4. The van der Waals surface area contributed by atoms with E-state index in [1.807, 2.05) is 18.2 Å². The first-order valence-electron chi connectivity index (χ1n) is 8.40. The predicted molar refractivity (Wildman–Crippen MR) is 91.8 cm³/mol. The van der Waals surface area contributed by atoms with Crippen LogP contribution in [0, 0.1) is 0 Å². The van der Waals surface area contributed by atoms with Crippen molar-refractivity contribution >= 4 is 5.78 Å². The van der Waals surface area contributed by atoms with Gasteiger partial charge in [0.15, 0.2) is 17.4 Å². The van der Waals surface area contributed by atoms with Crippen LogP contribution >= 0.6 is 0 Å². The van der Waals surface area contributed by atoms with E-state index in [9.17, 15) is 4.79 Å². The number of aromatic nitrogens is 2. The molecule has 0 bridgehead atoms. The van der Waals surface area contributed by atoms with Gasteiger partial charge in [0.25, 0.3) is 5.89 Å². The summed E-state index contributed by atoms with van der Waals surface area (Å²) in [7, 11) is 0. The van der Waals surface area contributed by atoms with E-state index < -0.39 is 5.54 Å². The number of Topliss-reactive ketones (excluding diaryl/α,β-unsaturated/α-hetero) is 1. The molecule has 2 aromatic heterocycles. The SMILES string of the molecule is CC(=O)c1ccc(-c2ccc(-c3nc(C4(N)CCCC4)no3)o2)cc1.